The third kappa shape index (κ3) is 3.33. The molecule has 0 bridgehead atoms. The number of aromatic carboxylic acids is 1. The molecule has 29 heavy (non-hydrogen) atoms. The number of sulfone groups is 1. The molecule has 0 radical (unpaired) electrons. The van der Waals surface area contributed by atoms with E-state index in [-0.39, 0.29) is 40.7 Å². The average molecular weight is 421 g/mol. The Bertz CT molecular complexity index is 1340. The maximum absolute atomic E-state index is 14.4. The zero-order valence-electron chi connectivity index (χ0n) is 14.7. The monoisotopic (exact) mass is 421 g/mol. The van der Waals surface area contributed by atoms with Crippen molar-refractivity contribution in [2.24, 2.45) is 0 Å². The Balaban J connectivity index is 2.01. The fourth-order valence-corrected chi connectivity index (χ4v) is 4.54. The quantitative estimate of drug-likeness (QED) is 0.683. The third-order valence-electron chi connectivity index (χ3n) is 4.58. The summed E-state index contributed by atoms with van der Waals surface area (Å²) in [6, 6.07) is 5.42. The smallest absolute Gasteiger partial charge is 0.341 e. The molecule has 1 aliphatic rings. The zero-order chi connectivity index (χ0) is 20.9. The molecule has 1 aliphatic heterocycles. The van der Waals surface area contributed by atoms with Gasteiger partial charge in [0.1, 0.15) is 28.9 Å². The first kappa shape index (κ1) is 19.0. The molecule has 0 spiro atoms. The first-order valence-corrected chi connectivity index (χ1v) is 10.2. The summed E-state index contributed by atoms with van der Waals surface area (Å²) in [5.74, 6) is -3.40. The number of hydrogen-bond donors (Lipinski definition) is 1. The number of carboxylic acid groups (broad SMARTS) is 1. The second kappa shape index (κ2) is 6.62. The van der Waals surface area contributed by atoms with Gasteiger partial charge in [-0.3, -0.25) is 9.36 Å². The van der Waals surface area contributed by atoms with Crippen molar-refractivity contribution >= 4 is 32.7 Å². The van der Waals surface area contributed by atoms with Gasteiger partial charge in [0.25, 0.3) is 0 Å². The van der Waals surface area contributed by atoms with Gasteiger partial charge in [0, 0.05) is 18.8 Å². The van der Waals surface area contributed by atoms with Gasteiger partial charge in [-0.05, 0) is 24.3 Å². The first-order valence-electron chi connectivity index (χ1n) is 8.37. The number of carbonyl (C=O) groups is 1. The highest BCUT2D eigenvalue weighted by Gasteiger charge is 2.27. The molecule has 0 atom stereocenters. The second-order valence-electron chi connectivity index (χ2n) is 6.52. The maximum atomic E-state index is 14.4. The van der Waals surface area contributed by atoms with Crippen LogP contribution in [0.5, 0.6) is 0 Å². The summed E-state index contributed by atoms with van der Waals surface area (Å²) in [7, 11) is -3.26. The molecule has 150 valence electrons. The topological polar surface area (TPSA) is 110 Å². The van der Waals surface area contributed by atoms with E-state index >= 15 is 0 Å². The highest BCUT2D eigenvalue weighted by atomic mass is 32.2. The van der Waals surface area contributed by atoms with E-state index in [1.807, 2.05) is 0 Å². The number of nitrogens with zero attached hydrogens (tertiary/aromatic N) is 3. The summed E-state index contributed by atoms with van der Waals surface area (Å²) in [6.07, 6.45) is 0.917. The molecule has 8 nitrogen and oxygen atoms in total. The summed E-state index contributed by atoms with van der Waals surface area (Å²) in [6.45, 7) is 0.198. The van der Waals surface area contributed by atoms with E-state index in [2.05, 4.69) is 4.98 Å². The molecule has 4 rings (SSSR count). The number of fused-ring (bicyclic) bond motifs is 1. The van der Waals surface area contributed by atoms with Crippen LogP contribution in [0, 0.1) is 11.6 Å². The third-order valence-corrected chi connectivity index (χ3v) is 6.09. The molecule has 1 aromatic carbocycles. The lowest BCUT2D eigenvalue weighted by Gasteiger charge is -2.17. The Hall–Kier alpha value is -3.34. The van der Waals surface area contributed by atoms with Crippen molar-refractivity contribution in [2.45, 2.75) is 0 Å². The van der Waals surface area contributed by atoms with Crippen LogP contribution in [0.4, 0.5) is 14.6 Å². The van der Waals surface area contributed by atoms with Crippen molar-refractivity contribution in [3.8, 4) is 5.69 Å². The lowest BCUT2D eigenvalue weighted by molar-refractivity contribution is 0.0695. The Kier molecular flexibility index (Phi) is 4.34. The van der Waals surface area contributed by atoms with Crippen LogP contribution < -0.4 is 10.3 Å². The standard InChI is InChI=1S/C18H13F2N3O5S/c19-10-1-3-14(13(20)7-10)23-8-12(18(25)26)16(24)11-2-4-15(21-17(11)23)22-5-6-29(27,28)9-22/h1-4,7-8H,5-6,9H2,(H,25,26). The van der Waals surface area contributed by atoms with Gasteiger partial charge < -0.3 is 10.0 Å². The van der Waals surface area contributed by atoms with E-state index in [4.69, 9.17) is 0 Å². The van der Waals surface area contributed by atoms with Crippen LogP contribution >= 0.6 is 0 Å². The Morgan fingerprint density at radius 1 is 1.17 bits per heavy atom. The van der Waals surface area contributed by atoms with Gasteiger partial charge in [-0.15, -0.1) is 0 Å². The predicted molar refractivity (Wildman–Crippen MR) is 100 cm³/mol. The van der Waals surface area contributed by atoms with Gasteiger partial charge >= 0.3 is 5.97 Å². The minimum absolute atomic E-state index is 0.0515. The molecule has 2 aromatic heterocycles. The highest BCUT2D eigenvalue weighted by molar-refractivity contribution is 7.91. The van der Waals surface area contributed by atoms with E-state index in [0.717, 1.165) is 22.9 Å². The Morgan fingerprint density at radius 2 is 1.93 bits per heavy atom. The number of aromatic nitrogens is 2. The number of halogens is 2. The Labute approximate surface area is 162 Å². The lowest BCUT2D eigenvalue weighted by Crippen LogP contribution is -2.23. The van der Waals surface area contributed by atoms with Crippen molar-refractivity contribution < 1.29 is 27.1 Å². The zero-order valence-corrected chi connectivity index (χ0v) is 15.5. The van der Waals surface area contributed by atoms with Crippen molar-refractivity contribution in [2.75, 3.05) is 23.1 Å². The molecule has 1 N–H and O–H groups in total. The molecule has 0 unspecified atom stereocenters. The van der Waals surface area contributed by atoms with E-state index in [1.54, 1.807) is 0 Å². The first-order chi connectivity index (χ1) is 13.7. The maximum Gasteiger partial charge on any atom is 0.341 e. The van der Waals surface area contributed by atoms with Crippen molar-refractivity contribution in [1.29, 1.82) is 0 Å². The van der Waals surface area contributed by atoms with Crippen LogP contribution in [0.25, 0.3) is 16.7 Å². The van der Waals surface area contributed by atoms with Crippen LogP contribution in [0.2, 0.25) is 0 Å². The van der Waals surface area contributed by atoms with Crippen LogP contribution in [-0.2, 0) is 9.84 Å². The molecule has 0 saturated carbocycles. The number of benzene rings is 1. The molecule has 0 aliphatic carbocycles. The molecular weight excluding hydrogens is 408 g/mol. The summed E-state index contributed by atoms with van der Waals surface area (Å²) in [4.78, 5) is 29.8. The molecule has 3 heterocycles. The summed E-state index contributed by atoms with van der Waals surface area (Å²) >= 11 is 0. The SMILES string of the molecule is O=C(O)c1cn(-c2ccc(F)cc2F)c2nc(N3CCS(=O)(=O)C3)ccc2c1=O. The van der Waals surface area contributed by atoms with E-state index in [9.17, 15) is 31.9 Å². The molecule has 11 heteroatoms. The fourth-order valence-electron chi connectivity index (χ4n) is 3.18. The second-order valence-corrected chi connectivity index (χ2v) is 8.68. The van der Waals surface area contributed by atoms with Gasteiger partial charge in [-0.1, -0.05) is 0 Å². The van der Waals surface area contributed by atoms with E-state index < -0.39 is 38.4 Å². The van der Waals surface area contributed by atoms with Crippen LogP contribution in [-0.4, -0.2) is 47.2 Å². The van der Waals surface area contributed by atoms with Gasteiger partial charge in [-0.2, -0.15) is 0 Å². The number of hydrogen-bond acceptors (Lipinski definition) is 6. The van der Waals surface area contributed by atoms with Crippen molar-refractivity contribution in [3.05, 3.63) is 63.9 Å². The van der Waals surface area contributed by atoms with Crippen LogP contribution in [0.1, 0.15) is 10.4 Å². The van der Waals surface area contributed by atoms with Crippen LogP contribution in [0.15, 0.2) is 41.3 Å². The summed E-state index contributed by atoms with van der Waals surface area (Å²) < 4.78 is 52.2. The van der Waals surface area contributed by atoms with E-state index in [0.29, 0.717) is 6.07 Å². The van der Waals surface area contributed by atoms with Crippen molar-refractivity contribution in [3.63, 3.8) is 0 Å². The molecule has 1 saturated heterocycles. The fraction of sp³-hybridized carbons (Fsp3) is 0.167. The van der Waals surface area contributed by atoms with Gasteiger partial charge in [0.05, 0.1) is 16.8 Å². The van der Waals surface area contributed by atoms with Crippen molar-refractivity contribution in [1.82, 2.24) is 9.55 Å². The normalized spacial score (nSPS) is 15.7. The minimum atomic E-state index is -3.26. The molecule has 3 aromatic rings. The van der Waals surface area contributed by atoms with E-state index in [1.165, 1.54) is 17.0 Å². The van der Waals surface area contributed by atoms with Gasteiger partial charge in [0.2, 0.25) is 5.43 Å². The average Bonchev–Trinajstić information content (AvgIpc) is 3.02. The predicted octanol–water partition coefficient (Wildman–Crippen LogP) is 1.55. The molecular formula is C18H13F2N3O5S. The van der Waals surface area contributed by atoms with Gasteiger partial charge in [-0.25, -0.2) is 27.0 Å². The van der Waals surface area contributed by atoms with Crippen LogP contribution in [0.3, 0.4) is 0 Å². The largest absolute Gasteiger partial charge is 0.477 e. The number of pyridine rings is 2. The van der Waals surface area contributed by atoms with Gasteiger partial charge in [0.15, 0.2) is 15.5 Å². The number of anilines is 1. The summed E-state index contributed by atoms with van der Waals surface area (Å²) in [5.41, 5.74) is -1.72. The molecule has 0 amide bonds. The summed E-state index contributed by atoms with van der Waals surface area (Å²) in [5, 5.41) is 9.23. The minimum Gasteiger partial charge on any atom is -0.477 e. The lowest BCUT2D eigenvalue weighted by atomic mass is 10.1. The Morgan fingerprint density at radius 3 is 2.55 bits per heavy atom. The number of rotatable bonds is 3. The molecule has 1 fully saturated rings. The highest BCUT2D eigenvalue weighted by Crippen LogP contribution is 2.24. The number of carboxylic acids is 1.